The van der Waals surface area contributed by atoms with Crippen LogP contribution in [0.15, 0.2) is 84.9 Å². The molecule has 3 aromatic carbocycles. The molecule has 0 saturated carbocycles. The summed E-state index contributed by atoms with van der Waals surface area (Å²) in [4.78, 5) is 0. The molecular formula is C24H16Cl2N4. The van der Waals surface area contributed by atoms with Gasteiger partial charge in [-0.2, -0.15) is 10.2 Å². The number of hydrogen-bond acceptors (Lipinski definition) is 2. The monoisotopic (exact) mass is 430 g/mol. The topological polar surface area (TPSA) is 57.4 Å². The molecule has 30 heavy (non-hydrogen) atoms. The lowest BCUT2D eigenvalue weighted by atomic mass is 10.0. The Hall–Kier alpha value is -3.34. The van der Waals surface area contributed by atoms with Gasteiger partial charge in [-0.1, -0.05) is 102 Å². The van der Waals surface area contributed by atoms with Crippen molar-refractivity contribution < 1.29 is 0 Å². The normalized spacial score (nSPS) is 11.0. The van der Waals surface area contributed by atoms with Crippen molar-refractivity contribution in [3.8, 4) is 45.0 Å². The molecule has 0 saturated heterocycles. The lowest BCUT2D eigenvalue weighted by Crippen LogP contribution is -1.83. The van der Waals surface area contributed by atoms with Crippen LogP contribution < -0.4 is 0 Å². The summed E-state index contributed by atoms with van der Waals surface area (Å²) in [5.74, 6) is 0. The summed E-state index contributed by atoms with van der Waals surface area (Å²) in [7, 11) is 0. The van der Waals surface area contributed by atoms with Crippen molar-refractivity contribution in [3.05, 3.63) is 95.0 Å². The Morgan fingerprint density at radius 1 is 0.500 bits per heavy atom. The highest BCUT2D eigenvalue weighted by molar-refractivity contribution is 6.36. The van der Waals surface area contributed by atoms with Gasteiger partial charge in [-0.15, -0.1) is 0 Å². The van der Waals surface area contributed by atoms with Crippen LogP contribution in [-0.4, -0.2) is 20.4 Å². The SMILES string of the molecule is Clc1c(-c2cccc(-c3n[nH]c(-c4ccccc4)c3Cl)c2)n[nH]c1-c1ccccc1. The van der Waals surface area contributed by atoms with Crippen LogP contribution >= 0.6 is 23.2 Å². The van der Waals surface area contributed by atoms with E-state index in [9.17, 15) is 0 Å². The van der Waals surface area contributed by atoms with E-state index in [1.165, 1.54) is 0 Å². The summed E-state index contributed by atoms with van der Waals surface area (Å²) in [6.07, 6.45) is 0. The standard InChI is InChI=1S/C24H16Cl2N4/c25-19-21(15-8-3-1-4-9-15)27-29-23(19)17-12-7-13-18(14-17)24-20(26)22(28-30-24)16-10-5-2-6-11-16/h1-14H,(H,27,29)(H,28,30). The van der Waals surface area contributed by atoms with E-state index in [1.54, 1.807) is 0 Å². The third kappa shape index (κ3) is 3.30. The number of benzene rings is 3. The maximum Gasteiger partial charge on any atom is 0.111 e. The second-order valence-corrected chi connectivity index (χ2v) is 7.59. The predicted octanol–water partition coefficient (Wildman–Crippen LogP) is 7.11. The molecule has 0 unspecified atom stereocenters. The molecule has 6 heteroatoms. The Morgan fingerprint density at radius 3 is 1.33 bits per heavy atom. The van der Waals surface area contributed by atoms with Crippen LogP contribution in [0.2, 0.25) is 10.0 Å². The number of H-pyrrole nitrogens is 2. The number of hydrogen-bond donors (Lipinski definition) is 2. The maximum absolute atomic E-state index is 6.67. The molecule has 0 bridgehead atoms. The molecule has 0 atom stereocenters. The van der Waals surface area contributed by atoms with Gasteiger partial charge in [0.05, 0.1) is 21.4 Å². The van der Waals surface area contributed by atoms with Crippen molar-refractivity contribution in [2.24, 2.45) is 0 Å². The van der Waals surface area contributed by atoms with E-state index in [4.69, 9.17) is 23.2 Å². The molecule has 5 rings (SSSR count). The smallest absolute Gasteiger partial charge is 0.111 e. The Bertz CT molecular complexity index is 1210. The Kier molecular flexibility index (Phi) is 4.87. The van der Waals surface area contributed by atoms with Gasteiger partial charge < -0.3 is 0 Å². The molecule has 0 aliphatic rings. The van der Waals surface area contributed by atoms with E-state index in [2.05, 4.69) is 20.4 Å². The highest BCUT2D eigenvalue weighted by Crippen LogP contribution is 2.38. The highest BCUT2D eigenvalue weighted by atomic mass is 35.5. The van der Waals surface area contributed by atoms with Crippen molar-refractivity contribution in [1.29, 1.82) is 0 Å². The van der Waals surface area contributed by atoms with Crippen molar-refractivity contribution in [2.45, 2.75) is 0 Å². The summed E-state index contributed by atoms with van der Waals surface area (Å²) in [6, 6.07) is 27.7. The highest BCUT2D eigenvalue weighted by Gasteiger charge is 2.18. The lowest BCUT2D eigenvalue weighted by Gasteiger charge is -2.03. The van der Waals surface area contributed by atoms with Crippen LogP contribution in [0.5, 0.6) is 0 Å². The summed E-state index contributed by atoms with van der Waals surface area (Å²) in [6.45, 7) is 0. The summed E-state index contributed by atoms with van der Waals surface area (Å²) in [5.41, 5.74) is 6.70. The number of rotatable bonds is 4. The van der Waals surface area contributed by atoms with Crippen LogP contribution in [0.1, 0.15) is 0 Å². The molecule has 2 aromatic heterocycles. The van der Waals surface area contributed by atoms with Crippen molar-refractivity contribution in [1.82, 2.24) is 20.4 Å². The number of nitrogens with one attached hydrogen (secondary N) is 2. The Balaban J connectivity index is 1.54. The molecule has 2 N–H and O–H groups in total. The minimum atomic E-state index is 0.580. The van der Waals surface area contributed by atoms with Gasteiger partial charge in [0.25, 0.3) is 0 Å². The van der Waals surface area contributed by atoms with E-state index >= 15 is 0 Å². The fourth-order valence-electron chi connectivity index (χ4n) is 3.45. The fraction of sp³-hybridized carbons (Fsp3) is 0. The van der Waals surface area contributed by atoms with E-state index in [-0.39, 0.29) is 0 Å². The minimum Gasteiger partial charge on any atom is -0.276 e. The van der Waals surface area contributed by atoms with Crippen LogP contribution in [0.25, 0.3) is 45.0 Å². The number of nitrogens with zero attached hydrogens (tertiary/aromatic N) is 2. The predicted molar refractivity (Wildman–Crippen MR) is 122 cm³/mol. The first-order valence-electron chi connectivity index (χ1n) is 9.42. The third-order valence-electron chi connectivity index (χ3n) is 4.95. The molecule has 146 valence electrons. The van der Waals surface area contributed by atoms with Gasteiger partial charge in [-0.25, -0.2) is 0 Å². The summed E-state index contributed by atoms with van der Waals surface area (Å²) >= 11 is 13.3. The van der Waals surface area contributed by atoms with Crippen molar-refractivity contribution in [3.63, 3.8) is 0 Å². The van der Waals surface area contributed by atoms with E-state index in [0.717, 1.165) is 33.6 Å². The molecule has 0 spiro atoms. The van der Waals surface area contributed by atoms with E-state index in [0.29, 0.717) is 21.4 Å². The molecule has 0 aliphatic heterocycles. The van der Waals surface area contributed by atoms with Gasteiger partial charge >= 0.3 is 0 Å². The second kappa shape index (κ2) is 7.82. The largest absolute Gasteiger partial charge is 0.276 e. The molecule has 5 aromatic rings. The molecule has 0 aliphatic carbocycles. The Morgan fingerprint density at radius 2 is 0.900 bits per heavy atom. The minimum absolute atomic E-state index is 0.580. The quantitative estimate of drug-likeness (QED) is 0.319. The zero-order chi connectivity index (χ0) is 20.5. The van der Waals surface area contributed by atoms with Crippen LogP contribution in [0.3, 0.4) is 0 Å². The molecule has 0 amide bonds. The average molecular weight is 431 g/mol. The van der Waals surface area contributed by atoms with Crippen molar-refractivity contribution in [2.75, 3.05) is 0 Å². The number of halogens is 2. The van der Waals surface area contributed by atoms with Gasteiger partial charge in [0, 0.05) is 22.3 Å². The fourth-order valence-corrected chi connectivity index (χ4v) is 4.05. The molecule has 0 radical (unpaired) electrons. The first kappa shape index (κ1) is 18.7. The van der Waals surface area contributed by atoms with Crippen LogP contribution in [-0.2, 0) is 0 Å². The number of aromatic amines is 2. The first-order valence-corrected chi connectivity index (χ1v) is 10.2. The van der Waals surface area contributed by atoms with Gasteiger partial charge in [0.1, 0.15) is 11.4 Å². The van der Waals surface area contributed by atoms with Crippen LogP contribution in [0, 0.1) is 0 Å². The second-order valence-electron chi connectivity index (χ2n) is 6.84. The van der Waals surface area contributed by atoms with Gasteiger partial charge in [0.2, 0.25) is 0 Å². The zero-order valence-corrected chi connectivity index (χ0v) is 17.2. The van der Waals surface area contributed by atoms with Gasteiger partial charge in [-0.05, 0) is 6.07 Å². The van der Waals surface area contributed by atoms with Gasteiger partial charge in [-0.3, -0.25) is 10.2 Å². The summed E-state index contributed by atoms with van der Waals surface area (Å²) < 4.78 is 0. The Labute approximate surface area is 183 Å². The van der Waals surface area contributed by atoms with Crippen molar-refractivity contribution >= 4 is 23.2 Å². The van der Waals surface area contributed by atoms with Gasteiger partial charge in [0.15, 0.2) is 0 Å². The lowest BCUT2D eigenvalue weighted by molar-refractivity contribution is 1.10. The first-order chi connectivity index (χ1) is 14.7. The molecule has 0 fully saturated rings. The molecular weight excluding hydrogens is 415 g/mol. The van der Waals surface area contributed by atoms with E-state index in [1.807, 2.05) is 84.9 Å². The van der Waals surface area contributed by atoms with E-state index < -0.39 is 0 Å². The molecule has 2 heterocycles. The molecule has 4 nitrogen and oxygen atoms in total. The number of aromatic nitrogens is 4. The third-order valence-corrected chi connectivity index (χ3v) is 5.68. The average Bonchev–Trinajstić information content (AvgIpc) is 3.38. The maximum atomic E-state index is 6.67. The zero-order valence-electron chi connectivity index (χ0n) is 15.7. The van der Waals surface area contributed by atoms with Crippen LogP contribution in [0.4, 0.5) is 0 Å². The summed E-state index contributed by atoms with van der Waals surface area (Å²) in [5, 5.41) is 16.2.